The van der Waals surface area contributed by atoms with Crippen molar-refractivity contribution in [3.05, 3.63) is 0 Å². The maximum atomic E-state index is 11.2. The number of rotatable bonds is 2. The summed E-state index contributed by atoms with van der Waals surface area (Å²) in [6.07, 6.45) is 0. The van der Waals surface area contributed by atoms with E-state index in [1.54, 1.807) is 13.8 Å². The summed E-state index contributed by atoms with van der Waals surface area (Å²) in [6, 6.07) is -0.432. The van der Waals surface area contributed by atoms with Crippen LogP contribution in [0.1, 0.15) is 13.8 Å². The lowest BCUT2D eigenvalue weighted by atomic mass is 10.1. The molecule has 0 bridgehead atoms. The van der Waals surface area contributed by atoms with Gasteiger partial charge < -0.3 is 15.3 Å². The van der Waals surface area contributed by atoms with E-state index in [9.17, 15) is 9.59 Å². The SMILES string of the molecule is CC(C)N1N=C(C(=O)O)C(O)(O)C1=O. The van der Waals surface area contributed by atoms with E-state index in [-0.39, 0.29) is 0 Å². The van der Waals surface area contributed by atoms with Gasteiger partial charge in [-0.15, -0.1) is 0 Å². The summed E-state index contributed by atoms with van der Waals surface area (Å²) in [5.41, 5.74) is -0.976. The first kappa shape index (κ1) is 10.6. The molecule has 0 aromatic heterocycles. The molecule has 0 aliphatic carbocycles. The number of carboxylic acid groups (broad SMARTS) is 1. The van der Waals surface area contributed by atoms with Gasteiger partial charge in [-0.2, -0.15) is 5.10 Å². The average Bonchev–Trinajstić information content (AvgIpc) is 2.24. The Morgan fingerprint density at radius 3 is 2.21 bits per heavy atom. The van der Waals surface area contributed by atoms with Gasteiger partial charge in [0.25, 0.3) is 0 Å². The van der Waals surface area contributed by atoms with Crippen LogP contribution in [0.25, 0.3) is 0 Å². The van der Waals surface area contributed by atoms with Crippen LogP contribution in [0, 0.1) is 0 Å². The van der Waals surface area contributed by atoms with Crippen molar-refractivity contribution in [1.29, 1.82) is 0 Å². The van der Waals surface area contributed by atoms with E-state index in [0.29, 0.717) is 0 Å². The number of nitrogens with zero attached hydrogens (tertiary/aromatic N) is 2. The smallest absolute Gasteiger partial charge is 0.358 e. The fourth-order valence-corrected chi connectivity index (χ4v) is 1.03. The van der Waals surface area contributed by atoms with Gasteiger partial charge >= 0.3 is 17.7 Å². The lowest BCUT2D eigenvalue weighted by Gasteiger charge is -2.18. The molecule has 14 heavy (non-hydrogen) atoms. The van der Waals surface area contributed by atoms with Gasteiger partial charge in [-0.25, -0.2) is 9.80 Å². The summed E-state index contributed by atoms with van der Waals surface area (Å²) in [5.74, 6) is -5.80. The molecule has 0 atom stereocenters. The minimum atomic E-state index is -3.02. The highest BCUT2D eigenvalue weighted by atomic mass is 16.5. The molecule has 0 saturated heterocycles. The van der Waals surface area contributed by atoms with E-state index in [0.717, 1.165) is 5.01 Å². The number of carbonyl (C=O) groups is 2. The molecule has 1 aliphatic heterocycles. The topological polar surface area (TPSA) is 110 Å². The van der Waals surface area contributed by atoms with Crippen LogP contribution in [0.3, 0.4) is 0 Å². The van der Waals surface area contributed by atoms with Crippen molar-refractivity contribution in [3.63, 3.8) is 0 Å². The molecular formula is C7H10N2O5. The highest BCUT2D eigenvalue weighted by Crippen LogP contribution is 2.20. The largest absolute Gasteiger partial charge is 0.477 e. The van der Waals surface area contributed by atoms with E-state index in [1.807, 2.05) is 0 Å². The molecular weight excluding hydrogens is 192 g/mol. The number of amides is 1. The molecule has 0 fully saturated rings. The highest BCUT2D eigenvalue weighted by Gasteiger charge is 2.52. The molecule has 1 aliphatic rings. The Bertz CT molecular complexity index is 320. The van der Waals surface area contributed by atoms with Gasteiger partial charge in [-0.3, -0.25) is 4.79 Å². The molecule has 0 saturated carbocycles. The second-order valence-corrected chi connectivity index (χ2v) is 3.17. The van der Waals surface area contributed by atoms with Crippen molar-refractivity contribution in [3.8, 4) is 0 Å². The van der Waals surface area contributed by atoms with Gasteiger partial charge in [0.05, 0.1) is 6.04 Å². The Balaban J connectivity index is 3.12. The van der Waals surface area contributed by atoms with Crippen LogP contribution < -0.4 is 0 Å². The van der Waals surface area contributed by atoms with Crippen molar-refractivity contribution in [1.82, 2.24) is 5.01 Å². The molecule has 1 amide bonds. The van der Waals surface area contributed by atoms with Gasteiger partial charge in [0.15, 0.2) is 0 Å². The van der Waals surface area contributed by atoms with E-state index in [2.05, 4.69) is 5.10 Å². The third-order valence-corrected chi connectivity index (χ3v) is 1.74. The molecule has 7 heteroatoms. The maximum Gasteiger partial charge on any atom is 0.358 e. The molecule has 7 nitrogen and oxygen atoms in total. The number of hydrazone groups is 1. The maximum absolute atomic E-state index is 11.2. The van der Waals surface area contributed by atoms with Gasteiger partial charge in [0.1, 0.15) is 0 Å². The monoisotopic (exact) mass is 202 g/mol. The zero-order chi connectivity index (χ0) is 11.1. The van der Waals surface area contributed by atoms with E-state index in [4.69, 9.17) is 15.3 Å². The summed E-state index contributed by atoms with van der Waals surface area (Å²) in [4.78, 5) is 21.7. The quantitative estimate of drug-likeness (QED) is 0.465. The van der Waals surface area contributed by atoms with Crippen molar-refractivity contribution in [2.75, 3.05) is 0 Å². The lowest BCUT2D eigenvalue weighted by molar-refractivity contribution is -0.171. The van der Waals surface area contributed by atoms with Gasteiger partial charge in [0, 0.05) is 0 Å². The fourth-order valence-electron chi connectivity index (χ4n) is 1.03. The standard InChI is InChI=1S/C7H10N2O5/c1-3(2)9-6(12)7(13,14)4(8-9)5(10)11/h3,13-14H,1-2H3,(H,10,11). The predicted molar refractivity (Wildman–Crippen MR) is 44.2 cm³/mol. The number of carboxylic acids is 1. The second kappa shape index (κ2) is 3.03. The highest BCUT2D eigenvalue weighted by molar-refractivity contribution is 6.44. The Kier molecular flexibility index (Phi) is 2.30. The molecule has 0 aromatic rings. The summed E-state index contributed by atoms with van der Waals surface area (Å²) < 4.78 is 0. The minimum Gasteiger partial charge on any atom is -0.477 e. The fraction of sp³-hybridized carbons (Fsp3) is 0.571. The van der Waals surface area contributed by atoms with Gasteiger partial charge in [-0.1, -0.05) is 0 Å². The molecule has 0 radical (unpaired) electrons. The summed E-state index contributed by atoms with van der Waals surface area (Å²) in [5, 5.41) is 30.9. The third kappa shape index (κ3) is 1.36. The van der Waals surface area contributed by atoms with E-state index in [1.165, 1.54) is 0 Å². The van der Waals surface area contributed by atoms with Crippen molar-refractivity contribution < 1.29 is 24.9 Å². The Labute approximate surface area is 79.3 Å². The minimum absolute atomic E-state index is 0.432. The summed E-state index contributed by atoms with van der Waals surface area (Å²) >= 11 is 0. The first-order valence-corrected chi connectivity index (χ1v) is 3.89. The van der Waals surface area contributed by atoms with E-state index < -0.39 is 29.4 Å². The second-order valence-electron chi connectivity index (χ2n) is 3.17. The molecule has 0 spiro atoms. The lowest BCUT2D eigenvalue weighted by Crippen LogP contribution is -2.49. The Morgan fingerprint density at radius 2 is 2.00 bits per heavy atom. The summed E-state index contributed by atoms with van der Waals surface area (Å²) in [6.45, 7) is 3.14. The Hall–Kier alpha value is -1.47. The number of aliphatic carboxylic acids is 1. The van der Waals surface area contributed by atoms with Crippen molar-refractivity contribution in [2.45, 2.75) is 25.7 Å². The van der Waals surface area contributed by atoms with Crippen LogP contribution >= 0.6 is 0 Å². The first-order valence-electron chi connectivity index (χ1n) is 3.89. The van der Waals surface area contributed by atoms with Crippen molar-refractivity contribution in [2.24, 2.45) is 5.10 Å². The van der Waals surface area contributed by atoms with Crippen molar-refractivity contribution >= 4 is 17.6 Å². The van der Waals surface area contributed by atoms with Crippen LogP contribution in [-0.2, 0) is 9.59 Å². The van der Waals surface area contributed by atoms with Crippen LogP contribution in [0.2, 0.25) is 0 Å². The predicted octanol–water partition coefficient (Wildman–Crippen LogP) is -1.64. The molecule has 0 unspecified atom stereocenters. The van der Waals surface area contributed by atoms with Gasteiger partial charge in [-0.05, 0) is 13.8 Å². The summed E-state index contributed by atoms with van der Waals surface area (Å²) in [7, 11) is 0. The molecule has 1 rings (SSSR count). The molecule has 0 aromatic carbocycles. The number of hydrogen-bond donors (Lipinski definition) is 3. The molecule has 3 N–H and O–H groups in total. The van der Waals surface area contributed by atoms with Crippen LogP contribution in [0.15, 0.2) is 5.10 Å². The normalized spacial score (nSPS) is 20.2. The molecule has 1 heterocycles. The van der Waals surface area contributed by atoms with Crippen LogP contribution in [0.5, 0.6) is 0 Å². The number of carbonyl (C=O) groups excluding carboxylic acids is 1. The molecule has 78 valence electrons. The van der Waals surface area contributed by atoms with E-state index >= 15 is 0 Å². The zero-order valence-electron chi connectivity index (χ0n) is 7.63. The Morgan fingerprint density at radius 1 is 1.50 bits per heavy atom. The number of hydrogen-bond acceptors (Lipinski definition) is 5. The van der Waals surface area contributed by atoms with Gasteiger partial charge in [0.2, 0.25) is 5.71 Å². The average molecular weight is 202 g/mol. The van der Waals surface area contributed by atoms with Crippen LogP contribution in [-0.4, -0.2) is 49.7 Å². The first-order chi connectivity index (χ1) is 6.28. The zero-order valence-corrected chi connectivity index (χ0v) is 7.63. The third-order valence-electron chi connectivity index (χ3n) is 1.74. The van der Waals surface area contributed by atoms with Crippen LogP contribution in [0.4, 0.5) is 0 Å². The number of aliphatic hydroxyl groups is 2.